The van der Waals surface area contributed by atoms with E-state index in [0.29, 0.717) is 11.3 Å². The van der Waals surface area contributed by atoms with Gasteiger partial charge in [0.05, 0.1) is 7.11 Å². The summed E-state index contributed by atoms with van der Waals surface area (Å²) in [5, 5.41) is 2.90. The van der Waals surface area contributed by atoms with Crippen LogP contribution in [0.15, 0.2) is 24.3 Å². The first-order chi connectivity index (χ1) is 11.0. The zero-order valence-electron chi connectivity index (χ0n) is 14.2. The predicted octanol–water partition coefficient (Wildman–Crippen LogP) is 2.46. The number of likely N-dealkylation sites (tertiary alicyclic amines) is 1. The number of amides is 2. The van der Waals surface area contributed by atoms with Crippen LogP contribution < -0.4 is 10.1 Å². The van der Waals surface area contributed by atoms with Gasteiger partial charge < -0.3 is 15.0 Å². The summed E-state index contributed by atoms with van der Waals surface area (Å²) < 4.78 is 5.14. The van der Waals surface area contributed by atoms with Crippen LogP contribution in [0.1, 0.15) is 43.5 Å². The highest BCUT2D eigenvalue weighted by molar-refractivity contribution is 5.97. The van der Waals surface area contributed by atoms with Crippen LogP contribution in [-0.2, 0) is 4.79 Å². The van der Waals surface area contributed by atoms with Crippen molar-refractivity contribution in [1.29, 1.82) is 0 Å². The normalized spacial score (nSPS) is 16.1. The maximum Gasteiger partial charge on any atom is 0.252 e. The minimum Gasteiger partial charge on any atom is -0.497 e. The lowest BCUT2D eigenvalue weighted by Gasteiger charge is -2.32. The molecule has 1 aliphatic heterocycles. The molecule has 2 amide bonds. The van der Waals surface area contributed by atoms with Gasteiger partial charge in [-0.1, -0.05) is 19.9 Å². The minimum atomic E-state index is -0.494. The second-order valence-corrected chi connectivity index (χ2v) is 6.31. The van der Waals surface area contributed by atoms with Gasteiger partial charge in [0.25, 0.3) is 5.91 Å². The SMILES string of the molecule is COc1cccc(C(=O)N[C@H](C(=O)N2CCCCC2)C(C)C)c1. The van der Waals surface area contributed by atoms with Crippen molar-refractivity contribution in [2.75, 3.05) is 20.2 Å². The standard InChI is InChI=1S/C18H26N2O3/c1-13(2)16(18(22)20-10-5-4-6-11-20)19-17(21)14-8-7-9-15(12-14)23-3/h7-9,12-13,16H,4-6,10-11H2,1-3H3,(H,19,21)/t16-/m0/s1. The number of rotatable bonds is 5. The van der Waals surface area contributed by atoms with E-state index in [-0.39, 0.29) is 17.7 Å². The number of carbonyl (C=O) groups excluding carboxylic acids is 2. The summed E-state index contributed by atoms with van der Waals surface area (Å²) in [6.07, 6.45) is 3.26. The second kappa shape index (κ2) is 7.99. The fourth-order valence-corrected chi connectivity index (χ4v) is 2.81. The molecule has 126 valence electrons. The van der Waals surface area contributed by atoms with E-state index < -0.39 is 6.04 Å². The summed E-state index contributed by atoms with van der Waals surface area (Å²) in [6, 6.07) is 6.46. The fourth-order valence-electron chi connectivity index (χ4n) is 2.81. The Morgan fingerprint density at radius 1 is 1.17 bits per heavy atom. The Labute approximate surface area is 138 Å². The monoisotopic (exact) mass is 318 g/mol. The van der Waals surface area contributed by atoms with Crippen molar-refractivity contribution in [2.24, 2.45) is 5.92 Å². The molecule has 2 rings (SSSR count). The topological polar surface area (TPSA) is 58.6 Å². The first-order valence-electron chi connectivity index (χ1n) is 8.26. The second-order valence-electron chi connectivity index (χ2n) is 6.31. The Hall–Kier alpha value is -2.04. The Morgan fingerprint density at radius 3 is 2.48 bits per heavy atom. The van der Waals surface area contributed by atoms with Gasteiger partial charge in [-0.25, -0.2) is 0 Å². The molecule has 1 saturated heterocycles. The van der Waals surface area contributed by atoms with Gasteiger partial charge >= 0.3 is 0 Å². The summed E-state index contributed by atoms with van der Waals surface area (Å²) in [5.74, 6) is 0.448. The summed E-state index contributed by atoms with van der Waals surface area (Å²) >= 11 is 0. The molecule has 5 nitrogen and oxygen atoms in total. The van der Waals surface area contributed by atoms with Crippen LogP contribution in [0.25, 0.3) is 0 Å². The third-order valence-corrected chi connectivity index (χ3v) is 4.22. The molecule has 0 radical (unpaired) electrons. The van der Waals surface area contributed by atoms with Crippen molar-refractivity contribution in [1.82, 2.24) is 10.2 Å². The highest BCUT2D eigenvalue weighted by atomic mass is 16.5. The molecule has 1 heterocycles. The van der Waals surface area contributed by atoms with Crippen molar-refractivity contribution in [2.45, 2.75) is 39.2 Å². The van der Waals surface area contributed by atoms with Gasteiger partial charge in [0.1, 0.15) is 11.8 Å². The molecule has 1 atom stereocenters. The number of nitrogens with one attached hydrogen (secondary N) is 1. The molecule has 0 unspecified atom stereocenters. The summed E-state index contributed by atoms with van der Waals surface area (Å²) in [7, 11) is 1.56. The highest BCUT2D eigenvalue weighted by Crippen LogP contribution is 2.16. The van der Waals surface area contributed by atoms with E-state index in [4.69, 9.17) is 4.74 Å². The lowest BCUT2D eigenvalue weighted by atomic mass is 10.0. The fraction of sp³-hybridized carbons (Fsp3) is 0.556. The third kappa shape index (κ3) is 4.47. The lowest BCUT2D eigenvalue weighted by Crippen LogP contribution is -2.52. The maximum absolute atomic E-state index is 12.7. The van der Waals surface area contributed by atoms with E-state index in [1.165, 1.54) is 6.42 Å². The van der Waals surface area contributed by atoms with Crippen LogP contribution in [0, 0.1) is 5.92 Å². The van der Waals surface area contributed by atoms with E-state index in [9.17, 15) is 9.59 Å². The Kier molecular flexibility index (Phi) is 6.02. The molecule has 1 N–H and O–H groups in total. The number of methoxy groups -OCH3 is 1. The number of piperidine rings is 1. The molecular formula is C18H26N2O3. The molecule has 1 fully saturated rings. The third-order valence-electron chi connectivity index (χ3n) is 4.22. The number of nitrogens with zero attached hydrogens (tertiary/aromatic N) is 1. The van der Waals surface area contributed by atoms with Gasteiger partial charge in [-0.2, -0.15) is 0 Å². The van der Waals surface area contributed by atoms with Crippen molar-refractivity contribution < 1.29 is 14.3 Å². The largest absolute Gasteiger partial charge is 0.497 e. The summed E-state index contributed by atoms with van der Waals surface area (Å²) in [4.78, 5) is 27.1. The minimum absolute atomic E-state index is 0.0240. The van der Waals surface area contributed by atoms with Gasteiger partial charge in [0.2, 0.25) is 5.91 Å². The zero-order chi connectivity index (χ0) is 16.8. The Morgan fingerprint density at radius 2 is 1.87 bits per heavy atom. The lowest BCUT2D eigenvalue weighted by molar-refractivity contribution is -0.135. The van der Waals surface area contributed by atoms with Crippen molar-refractivity contribution in [3.05, 3.63) is 29.8 Å². The van der Waals surface area contributed by atoms with E-state index in [1.807, 2.05) is 18.7 Å². The van der Waals surface area contributed by atoms with Crippen LogP contribution >= 0.6 is 0 Å². The van der Waals surface area contributed by atoms with Crippen molar-refractivity contribution >= 4 is 11.8 Å². The van der Waals surface area contributed by atoms with Crippen molar-refractivity contribution in [3.8, 4) is 5.75 Å². The van der Waals surface area contributed by atoms with E-state index >= 15 is 0 Å². The molecule has 0 bridgehead atoms. The number of carbonyl (C=O) groups is 2. The van der Waals surface area contributed by atoms with E-state index in [1.54, 1.807) is 31.4 Å². The average Bonchev–Trinajstić information content (AvgIpc) is 2.59. The molecule has 0 saturated carbocycles. The average molecular weight is 318 g/mol. The maximum atomic E-state index is 12.7. The van der Waals surface area contributed by atoms with E-state index in [2.05, 4.69) is 5.32 Å². The summed E-state index contributed by atoms with van der Waals surface area (Å²) in [6.45, 7) is 5.49. The Balaban J connectivity index is 2.08. The molecule has 1 aliphatic rings. The van der Waals surface area contributed by atoms with Gasteiger partial charge in [-0.3, -0.25) is 9.59 Å². The smallest absolute Gasteiger partial charge is 0.252 e. The van der Waals surface area contributed by atoms with Gasteiger partial charge in [0, 0.05) is 18.7 Å². The Bertz CT molecular complexity index is 551. The molecule has 0 aliphatic carbocycles. The molecule has 0 aromatic heterocycles. The molecule has 5 heteroatoms. The predicted molar refractivity (Wildman–Crippen MR) is 89.5 cm³/mol. The number of hydrogen-bond acceptors (Lipinski definition) is 3. The van der Waals surface area contributed by atoms with Crippen LogP contribution in [-0.4, -0.2) is 43.0 Å². The molecule has 0 spiro atoms. The van der Waals surface area contributed by atoms with Crippen molar-refractivity contribution in [3.63, 3.8) is 0 Å². The van der Waals surface area contributed by atoms with Crippen LogP contribution in [0.2, 0.25) is 0 Å². The molecule has 1 aromatic carbocycles. The number of ether oxygens (including phenoxy) is 1. The number of hydrogen-bond donors (Lipinski definition) is 1. The van der Waals surface area contributed by atoms with Gasteiger partial charge in [-0.05, 0) is 43.4 Å². The van der Waals surface area contributed by atoms with Crippen LogP contribution in [0.5, 0.6) is 5.75 Å². The van der Waals surface area contributed by atoms with Gasteiger partial charge in [-0.15, -0.1) is 0 Å². The molecular weight excluding hydrogens is 292 g/mol. The summed E-state index contributed by atoms with van der Waals surface area (Å²) in [5.41, 5.74) is 0.501. The van der Waals surface area contributed by atoms with Crippen LogP contribution in [0.3, 0.4) is 0 Å². The highest BCUT2D eigenvalue weighted by Gasteiger charge is 2.29. The quantitative estimate of drug-likeness (QED) is 0.907. The van der Waals surface area contributed by atoms with E-state index in [0.717, 1.165) is 25.9 Å². The van der Waals surface area contributed by atoms with Crippen LogP contribution in [0.4, 0.5) is 0 Å². The van der Waals surface area contributed by atoms with Gasteiger partial charge in [0.15, 0.2) is 0 Å². The zero-order valence-corrected chi connectivity index (χ0v) is 14.2. The molecule has 1 aromatic rings. The first kappa shape index (κ1) is 17.3. The first-order valence-corrected chi connectivity index (χ1v) is 8.26. The number of benzene rings is 1. The molecule has 23 heavy (non-hydrogen) atoms.